The van der Waals surface area contributed by atoms with E-state index < -0.39 is 13.9 Å². The lowest BCUT2D eigenvalue weighted by atomic mass is 10.1. The third-order valence-electron chi connectivity index (χ3n) is 7.46. The van der Waals surface area contributed by atoms with Crippen molar-refractivity contribution in [2.45, 2.75) is 123 Å². The van der Waals surface area contributed by atoms with Gasteiger partial charge in [0.05, 0.1) is 34.4 Å². The number of allylic oxidation sites excluding steroid dienone is 14. The van der Waals surface area contributed by atoms with Crippen molar-refractivity contribution in [2.75, 3.05) is 54.1 Å². The molecule has 0 amide bonds. The van der Waals surface area contributed by atoms with E-state index in [1.165, 1.54) is 0 Å². The smallest absolute Gasteiger partial charge is 0.306 e. The van der Waals surface area contributed by atoms with Crippen LogP contribution in [0.25, 0.3) is 0 Å². The molecule has 0 aromatic carbocycles. The fourth-order valence-electron chi connectivity index (χ4n) is 4.46. The van der Waals surface area contributed by atoms with Gasteiger partial charge in [-0.15, -0.1) is 0 Å². The topological polar surface area (TPSA) is 94.1 Å². The molecule has 0 fully saturated rings. The summed E-state index contributed by atoms with van der Waals surface area (Å²) in [6.45, 7) is 5.01. The Balaban J connectivity index is 4.04. The third kappa shape index (κ3) is 38.7. The molecular weight excluding hydrogens is 661 g/mol. The van der Waals surface area contributed by atoms with Gasteiger partial charge in [-0.1, -0.05) is 125 Å². The molecule has 292 valence electrons. The Morgan fingerprint density at radius 2 is 1.14 bits per heavy atom. The van der Waals surface area contributed by atoms with Crippen LogP contribution in [-0.2, 0) is 27.9 Å². The third-order valence-corrected chi connectivity index (χ3v) is 8.43. The summed E-state index contributed by atoms with van der Waals surface area (Å²) in [5.74, 6) is -0.374. The Morgan fingerprint density at radius 3 is 1.65 bits per heavy atom. The number of rotatable bonds is 34. The first-order valence-electron chi connectivity index (χ1n) is 19.3. The maximum absolute atomic E-state index is 12.3. The van der Waals surface area contributed by atoms with Crippen LogP contribution in [0.4, 0.5) is 0 Å². The van der Waals surface area contributed by atoms with Crippen LogP contribution in [-0.4, -0.2) is 70.7 Å². The molecule has 0 aliphatic heterocycles. The van der Waals surface area contributed by atoms with E-state index in [1.54, 1.807) is 0 Å². The van der Waals surface area contributed by atoms with Crippen molar-refractivity contribution in [2.24, 2.45) is 0 Å². The maximum atomic E-state index is 12.3. The van der Waals surface area contributed by atoms with Gasteiger partial charge in [-0.25, -0.2) is 0 Å². The normalized spacial score (nSPS) is 14.9. The molecule has 0 aromatic heterocycles. The first kappa shape index (κ1) is 48.7. The Kier molecular flexibility index (Phi) is 33.2. The molecule has 0 radical (unpaired) electrons. The van der Waals surface area contributed by atoms with Crippen LogP contribution >= 0.6 is 7.82 Å². The number of phosphoric ester groups is 1. The Hall–Kier alpha value is -2.32. The quantitative estimate of drug-likeness (QED) is 0.0214. The van der Waals surface area contributed by atoms with Crippen LogP contribution in [0.5, 0.6) is 0 Å². The largest absolute Gasteiger partial charge is 0.756 e. The van der Waals surface area contributed by atoms with Gasteiger partial charge in [-0.3, -0.25) is 9.36 Å². The number of unbranched alkanes of at least 4 members (excludes halogenated alkanes) is 6. The van der Waals surface area contributed by atoms with Gasteiger partial charge < -0.3 is 27.9 Å². The predicted octanol–water partition coefficient (Wildman–Crippen LogP) is 10.3. The van der Waals surface area contributed by atoms with Crippen molar-refractivity contribution in [3.05, 3.63) is 85.1 Å². The summed E-state index contributed by atoms with van der Waals surface area (Å²) in [6.07, 6.45) is 45.4. The van der Waals surface area contributed by atoms with E-state index in [2.05, 4.69) is 98.9 Å². The minimum absolute atomic E-state index is 0.0154. The van der Waals surface area contributed by atoms with Gasteiger partial charge in [-0.2, -0.15) is 0 Å². The highest BCUT2D eigenvalue weighted by Gasteiger charge is 2.20. The molecule has 0 saturated heterocycles. The second-order valence-electron chi connectivity index (χ2n) is 13.6. The fraction of sp³-hybridized carbons (Fsp3) is 0.643. The zero-order chi connectivity index (χ0) is 37.7. The standard InChI is InChI=1S/C42H72NO7P/c1-6-8-10-11-12-13-14-15-16-17-18-19-20-21-22-23-24-25-26-27-28-29-30-31-32-34-37-47-39-41(50-42(44)35-33-9-7-2)40-49-51(45,46)48-38-36-43(3,4)5/h8,10,12-13,15-16,18-19,21-22,24-25,27-28,41H,6-7,9,11,14,17,20,23,26,29-40H2,1-5H3/b10-8-,13-12-,16-15-,19-18-,22-21-,25-24-,28-27-. The van der Waals surface area contributed by atoms with Gasteiger partial charge in [0.1, 0.15) is 19.3 Å². The molecule has 51 heavy (non-hydrogen) atoms. The van der Waals surface area contributed by atoms with Crippen LogP contribution in [0.3, 0.4) is 0 Å². The van der Waals surface area contributed by atoms with Gasteiger partial charge >= 0.3 is 5.97 Å². The minimum Gasteiger partial charge on any atom is -0.756 e. The van der Waals surface area contributed by atoms with Crippen LogP contribution in [0, 0.1) is 0 Å². The zero-order valence-electron chi connectivity index (χ0n) is 32.8. The van der Waals surface area contributed by atoms with Crippen molar-refractivity contribution in [3.63, 3.8) is 0 Å². The molecule has 0 bridgehead atoms. The lowest BCUT2D eigenvalue weighted by molar-refractivity contribution is -0.870. The second kappa shape index (κ2) is 34.7. The summed E-state index contributed by atoms with van der Waals surface area (Å²) in [5, 5.41) is 0. The molecule has 0 aliphatic carbocycles. The molecule has 0 N–H and O–H groups in total. The molecule has 0 rings (SSSR count). The minimum atomic E-state index is -4.51. The van der Waals surface area contributed by atoms with Gasteiger partial charge in [0, 0.05) is 13.0 Å². The summed E-state index contributed by atoms with van der Waals surface area (Å²) in [7, 11) is 1.32. The highest BCUT2D eigenvalue weighted by Crippen LogP contribution is 2.38. The van der Waals surface area contributed by atoms with Crippen LogP contribution in [0.1, 0.15) is 117 Å². The van der Waals surface area contributed by atoms with Crippen LogP contribution < -0.4 is 4.89 Å². The average molecular weight is 734 g/mol. The van der Waals surface area contributed by atoms with Gasteiger partial charge in [-0.05, 0) is 70.6 Å². The molecular formula is C42H72NO7P. The average Bonchev–Trinajstić information content (AvgIpc) is 3.07. The molecule has 0 aromatic rings. The molecule has 0 spiro atoms. The number of quaternary nitrogens is 1. The maximum Gasteiger partial charge on any atom is 0.306 e. The van der Waals surface area contributed by atoms with Crippen molar-refractivity contribution >= 4 is 13.8 Å². The van der Waals surface area contributed by atoms with Crippen molar-refractivity contribution in [3.8, 4) is 0 Å². The van der Waals surface area contributed by atoms with Crippen molar-refractivity contribution in [1.82, 2.24) is 0 Å². The van der Waals surface area contributed by atoms with Gasteiger partial charge in [0.2, 0.25) is 0 Å². The van der Waals surface area contributed by atoms with E-state index in [0.717, 1.165) is 96.3 Å². The van der Waals surface area contributed by atoms with Crippen LogP contribution in [0.15, 0.2) is 85.1 Å². The second-order valence-corrected chi connectivity index (χ2v) is 15.0. The summed E-state index contributed by atoms with van der Waals surface area (Å²) in [5.41, 5.74) is 0. The number of carbonyl (C=O) groups is 1. The zero-order valence-corrected chi connectivity index (χ0v) is 33.7. The van der Waals surface area contributed by atoms with Crippen molar-refractivity contribution in [1.29, 1.82) is 0 Å². The van der Waals surface area contributed by atoms with E-state index >= 15 is 0 Å². The first-order chi connectivity index (χ1) is 24.6. The highest BCUT2D eigenvalue weighted by molar-refractivity contribution is 7.45. The number of phosphoric acid groups is 1. The van der Waals surface area contributed by atoms with Gasteiger partial charge in [0.25, 0.3) is 7.82 Å². The lowest BCUT2D eigenvalue weighted by Gasteiger charge is -2.28. The molecule has 0 saturated carbocycles. The molecule has 2 unspecified atom stereocenters. The van der Waals surface area contributed by atoms with E-state index in [4.69, 9.17) is 18.5 Å². The molecule has 0 heterocycles. The van der Waals surface area contributed by atoms with E-state index in [9.17, 15) is 14.3 Å². The number of nitrogens with zero attached hydrogens (tertiary/aromatic N) is 1. The molecule has 9 heteroatoms. The van der Waals surface area contributed by atoms with E-state index in [-0.39, 0.29) is 32.2 Å². The number of hydrogen-bond donors (Lipinski definition) is 0. The molecule has 0 aliphatic rings. The first-order valence-corrected chi connectivity index (χ1v) is 20.8. The SMILES string of the molecule is CC/C=C\C/C=C\C/C=C\C/C=C\C/C=C\C/C=C\C/C=C\CCCCCCOCC(COP(=O)([O-])OCC[N+](C)(C)C)OC(=O)CCCCC. The van der Waals surface area contributed by atoms with Gasteiger partial charge in [0.15, 0.2) is 0 Å². The lowest BCUT2D eigenvalue weighted by Crippen LogP contribution is -2.37. The Labute approximate surface area is 312 Å². The molecule has 2 atom stereocenters. The summed E-state index contributed by atoms with van der Waals surface area (Å²) < 4.78 is 34.0. The number of ether oxygens (including phenoxy) is 2. The number of likely N-dealkylation sites (N-methyl/N-ethyl adjacent to an activating group) is 1. The number of hydrogen-bond acceptors (Lipinski definition) is 7. The summed E-state index contributed by atoms with van der Waals surface area (Å²) in [6, 6.07) is 0. The Morgan fingerprint density at radius 1 is 0.627 bits per heavy atom. The summed E-state index contributed by atoms with van der Waals surface area (Å²) in [4.78, 5) is 24.5. The Bertz CT molecular complexity index is 1090. The number of carbonyl (C=O) groups excluding carboxylic acids is 1. The van der Waals surface area contributed by atoms with Crippen LogP contribution in [0.2, 0.25) is 0 Å². The van der Waals surface area contributed by atoms with E-state index in [0.29, 0.717) is 17.6 Å². The number of esters is 1. The predicted molar refractivity (Wildman–Crippen MR) is 212 cm³/mol. The fourth-order valence-corrected chi connectivity index (χ4v) is 5.19. The highest BCUT2D eigenvalue weighted by atomic mass is 31.2. The summed E-state index contributed by atoms with van der Waals surface area (Å²) >= 11 is 0. The monoisotopic (exact) mass is 734 g/mol. The van der Waals surface area contributed by atoms with E-state index in [1.807, 2.05) is 21.1 Å². The van der Waals surface area contributed by atoms with Crippen molar-refractivity contribution < 1.29 is 37.3 Å². The molecule has 8 nitrogen and oxygen atoms in total.